The lowest BCUT2D eigenvalue weighted by Crippen LogP contribution is -2.25. The number of hydrogen-bond donors (Lipinski definition) is 2. The van der Waals surface area contributed by atoms with Crippen LogP contribution in [0.5, 0.6) is 0 Å². The van der Waals surface area contributed by atoms with E-state index in [1.807, 2.05) is 29.5 Å². The fraction of sp³-hybridized carbons (Fsp3) is 0.308. The monoisotopic (exact) mass is 261 g/mol. The van der Waals surface area contributed by atoms with Gasteiger partial charge in [0.1, 0.15) is 11.3 Å². The van der Waals surface area contributed by atoms with Gasteiger partial charge in [-0.15, -0.1) is 0 Å². The number of pyridine rings is 1. The zero-order chi connectivity index (χ0) is 13.8. The molecule has 2 heterocycles. The first-order chi connectivity index (χ1) is 9.08. The van der Waals surface area contributed by atoms with Gasteiger partial charge in [0.25, 0.3) is 5.91 Å². The van der Waals surface area contributed by atoms with Crippen LogP contribution in [-0.4, -0.2) is 32.9 Å². The van der Waals surface area contributed by atoms with Crippen molar-refractivity contribution in [1.82, 2.24) is 14.7 Å². The summed E-state index contributed by atoms with van der Waals surface area (Å²) in [6.07, 6.45) is 2.13. The molecule has 1 amide bonds. The van der Waals surface area contributed by atoms with Gasteiger partial charge in [-0.2, -0.15) is 0 Å². The van der Waals surface area contributed by atoms with Crippen molar-refractivity contribution in [2.75, 3.05) is 6.54 Å². The molecule has 2 aromatic heterocycles. The van der Waals surface area contributed by atoms with E-state index in [2.05, 4.69) is 10.3 Å². The predicted molar refractivity (Wildman–Crippen MR) is 69.1 cm³/mol. The van der Waals surface area contributed by atoms with Crippen LogP contribution >= 0.6 is 0 Å². The molecule has 2 rings (SSSR count). The average Bonchev–Trinajstić information content (AvgIpc) is 2.79. The Morgan fingerprint density at radius 3 is 2.89 bits per heavy atom. The summed E-state index contributed by atoms with van der Waals surface area (Å²) in [6, 6.07) is 5.64. The first-order valence-corrected chi connectivity index (χ1v) is 6.02. The fourth-order valence-corrected chi connectivity index (χ4v) is 1.79. The van der Waals surface area contributed by atoms with Crippen molar-refractivity contribution in [3.05, 3.63) is 35.8 Å². The van der Waals surface area contributed by atoms with E-state index in [0.29, 0.717) is 18.7 Å². The van der Waals surface area contributed by atoms with Crippen LogP contribution < -0.4 is 5.32 Å². The number of aliphatic carboxylic acids is 1. The zero-order valence-corrected chi connectivity index (χ0v) is 10.6. The number of nitrogens with one attached hydrogen (secondary N) is 1. The lowest BCUT2D eigenvalue weighted by molar-refractivity contribution is -0.137. The molecule has 0 unspecified atom stereocenters. The number of carbonyl (C=O) groups excluding carboxylic acids is 1. The Hall–Kier alpha value is -2.37. The van der Waals surface area contributed by atoms with Crippen LogP contribution in [0.3, 0.4) is 0 Å². The number of hydrogen-bond acceptors (Lipinski definition) is 3. The van der Waals surface area contributed by atoms with E-state index in [4.69, 9.17) is 5.11 Å². The Balaban J connectivity index is 2.01. The highest BCUT2D eigenvalue weighted by Gasteiger charge is 2.10. The topological polar surface area (TPSA) is 83.7 Å². The number of carbonyl (C=O) groups is 2. The number of fused-ring (bicyclic) bond motifs is 1. The number of carboxylic acid groups (broad SMARTS) is 1. The molecule has 0 aliphatic carbocycles. The minimum Gasteiger partial charge on any atom is -0.481 e. The third-order valence-corrected chi connectivity index (χ3v) is 2.78. The summed E-state index contributed by atoms with van der Waals surface area (Å²) in [4.78, 5) is 26.4. The van der Waals surface area contributed by atoms with Crippen molar-refractivity contribution in [3.63, 3.8) is 0 Å². The molecule has 6 heteroatoms. The van der Waals surface area contributed by atoms with Crippen molar-refractivity contribution < 1.29 is 14.7 Å². The van der Waals surface area contributed by atoms with Crippen LogP contribution in [0.4, 0.5) is 0 Å². The summed E-state index contributed by atoms with van der Waals surface area (Å²) in [7, 11) is 0. The van der Waals surface area contributed by atoms with Gasteiger partial charge >= 0.3 is 5.97 Å². The summed E-state index contributed by atoms with van der Waals surface area (Å²) in [5, 5.41) is 11.1. The van der Waals surface area contributed by atoms with Gasteiger partial charge < -0.3 is 14.8 Å². The van der Waals surface area contributed by atoms with Crippen molar-refractivity contribution in [2.45, 2.75) is 19.8 Å². The highest BCUT2D eigenvalue weighted by molar-refractivity contribution is 5.92. The molecular formula is C13H15N3O3. The van der Waals surface area contributed by atoms with Crippen LogP contribution in [0.15, 0.2) is 24.4 Å². The van der Waals surface area contributed by atoms with Crippen molar-refractivity contribution in [2.24, 2.45) is 0 Å². The average molecular weight is 261 g/mol. The number of aryl methyl sites for hydroxylation is 1. The van der Waals surface area contributed by atoms with Gasteiger partial charge in [0.15, 0.2) is 0 Å². The van der Waals surface area contributed by atoms with Gasteiger partial charge in [0.05, 0.1) is 0 Å². The Morgan fingerprint density at radius 1 is 1.42 bits per heavy atom. The van der Waals surface area contributed by atoms with E-state index in [9.17, 15) is 9.59 Å². The SMILES string of the molecule is Cc1cccc2nc(C(=O)NCCCC(=O)O)cn12. The quantitative estimate of drug-likeness (QED) is 0.793. The van der Waals surface area contributed by atoms with E-state index >= 15 is 0 Å². The number of carboxylic acids is 1. The maximum Gasteiger partial charge on any atom is 0.303 e. The molecule has 0 saturated heterocycles. The van der Waals surface area contributed by atoms with E-state index in [1.165, 1.54) is 0 Å². The van der Waals surface area contributed by atoms with Gasteiger partial charge in [-0.3, -0.25) is 9.59 Å². The summed E-state index contributed by atoms with van der Waals surface area (Å²) in [5.74, 6) is -1.15. The second-order valence-electron chi connectivity index (χ2n) is 4.27. The minimum absolute atomic E-state index is 0.0462. The van der Waals surface area contributed by atoms with Crippen molar-refractivity contribution in [3.8, 4) is 0 Å². The molecule has 0 bridgehead atoms. The van der Waals surface area contributed by atoms with Crippen molar-refractivity contribution in [1.29, 1.82) is 0 Å². The van der Waals surface area contributed by atoms with E-state index in [1.54, 1.807) is 6.20 Å². The molecule has 6 nitrogen and oxygen atoms in total. The largest absolute Gasteiger partial charge is 0.481 e. The van der Waals surface area contributed by atoms with E-state index in [-0.39, 0.29) is 12.3 Å². The molecule has 0 aliphatic heterocycles. The maximum absolute atomic E-state index is 11.8. The molecule has 0 radical (unpaired) electrons. The highest BCUT2D eigenvalue weighted by atomic mass is 16.4. The second-order valence-corrected chi connectivity index (χ2v) is 4.27. The van der Waals surface area contributed by atoms with Gasteiger partial charge in [0, 0.05) is 24.9 Å². The molecule has 0 aliphatic rings. The first kappa shape index (κ1) is 13.1. The fourth-order valence-electron chi connectivity index (χ4n) is 1.79. The molecule has 2 N–H and O–H groups in total. The molecule has 0 atom stereocenters. The summed E-state index contributed by atoms with van der Waals surface area (Å²) < 4.78 is 1.84. The molecule has 0 spiro atoms. The Morgan fingerprint density at radius 2 is 2.21 bits per heavy atom. The number of rotatable bonds is 5. The second kappa shape index (κ2) is 5.51. The molecule has 19 heavy (non-hydrogen) atoms. The summed E-state index contributed by atoms with van der Waals surface area (Å²) >= 11 is 0. The smallest absolute Gasteiger partial charge is 0.303 e. The molecule has 0 aromatic carbocycles. The van der Waals surface area contributed by atoms with E-state index < -0.39 is 5.97 Å². The normalized spacial score (nSPS) is 10.6. The van der Waals surface area contributed by atoms with Crippen LogP contribution in [0.2, 0.25) is 0 Å². The van der Waals surface area contributed by atoms with Crippen LogP contribution in [0, 0.1) is 6.92 Å². The molecule has 100 valence electrons. The number of imidazole rings is 1. The maximum atomic E-state index is 11.8. The van der Waals surface area contributed by atoms with Crippen molar-refractivity contribution >= 4 is 17.5 Å². The summed E-state index contributed by atoms with van der Waals surface area (Å²) in [5.41, 5.74) is 2.05. The van der Waals surface area contributed by atoms with Gasteiger partial charge in [-0.25, -0.2) is 4.98 Å². The zero-order valence-electron chi connectivity index (χ0n) is 10.6. The van der Waals surface area contributed by atoms with Crippen LogP contribution in [-0.2, 0) is 4.79 Å². The standard InChI is InChI=1S/C13H15N3O3/c1-9-4-2-5-11-15-10(8-16(9)11)13(19)14-7-3-6-12(17)18/h2,4-5,8H,3,6-7H2,1H3,(H,14,19)(H,17,18). The third kappa shape index (κ3) is 3.09. The van der Waals surface area contributed by atoms with Crippen LogP contribution in [0.1, 0.15) is 29.0 Å². The van der Waals surface area contributed by atoms with Crippen LogP contribution in [0.25, 0.3) is 5.65 Å². The lowest BCUT2D eigenvalue weighted by Gasteiger charge is -2.00. The first-order valence-electron chi connectivity index (χ1n) is 6.02. The Bertz CT molecular complexity index is 619. The summed E-state index contributed by atoms with van der Waals surface area (Å²) in [6.45, 7) is 2.27. The lowest BCUT2D eigenvalue weighted by atomic mass is 10.3. The van der Waals surface area contributed by atoms with Gasteiger partial charge in [0.2, 0.25) is 0 Å². The number of nitrogens with zero attached hydrogens (tertiary/aromatic N) is 2. The van der Waals surface area contributed by atoms with Gasteiger partial charge in [-0.05, 0) is 25.5 Å². The molecule has 0 saturated carbocycles. The Kier molecular flexibility index (Phi) is 3.79. The van der Waals surface area contributed by atoms with E-state index in [0.717, 1.165) is 11.3 Å². The number of aromatic nitrogens is 2. The number of amides is 1. The minimum atomic E-state index is -0.863. The molecule has 0 fully saturated rings. The third-order valence-electron chi connectivity index (χ3n) is 2.78. The predicted octanol–water partition coefficient (Wildman–Crippen LogP) is 1.24. The molecule has 2 aromatic rings. The Labute approximate surface area is 110 Å². The highest BCUT2D eigenvalue weighted by Crippen LogP contribution is 2.08. The van der Waals surface area contributed by atoms with Gasteiger partial charge in [-0.1, -0.05) is 6.07 Å². The molecular weight excluding hydrogens is 246 g/mol.